The van der Waals surface area contributed by atoms with Gasteiger partial charge in [-0.2, -0.15) is 0 Å². The molecule has 4 nitrogen and oxygen atoms in total. The highest BCUT2D eigenvalue weighted by Gasteiger charge is 2.13. The smallest absolute Gasteiger partial charge is 0.324 e. The molecule has 1 aliphatic rings. The summed E-state index contributed by atoms with van der Waals surface area (Å²) in [5.41, 5.74) is 2.57. The maximum atomic E-state index is 11.6. The Hall–Kier alpha value is -1.58. The SMILES string of the molecule is CCCC1=C(\CC)CCN(C)C(=O)NC(=O)\C=C\1. The fraction of sp³-hybridized carbons (Fsp3) is 0.571. The van der Waals surface area contributed by atoms with Gasteiger partial charge in [0, 0.05) is 19.7 Å². The monoisotopic (exact) mass is 250 g/mol. The molecule has 0 aromatic rings. The molecule has 0 saturated carbocycles. The molecule has 0 aromatic heterocycles. The van der Waals surface area contributed by atoms with E-state index >= 15 is 0 Å². The van der Waals surface area contributed by atoms with Crippen molar-refractivity contribution in [3.8, 4) is 0 Å². The summed E-state index contributed by atoms with van der Waals surface area (Å²) < 4.78 is 0. The maximum Gasteiger partial charge on any atom is 0.324 e. The lowest BCUT2D eigenvalue weighted by Crippen LogP contribution is -2.40. The Morgan fingerprint density at radius 3 is 2.61 bits per heavy atom. The molecule has 1 N–H and O–H groups in total. The molecule has 18 heavy (non-hydrogen) atoms. The van der Waals surface area contributed by atoms with Crippen LogP contribution in [0, 0.1) is 0 Å². The van der Waals surface area contributed by atoms with Gasteiger partial charge in [-0.1, -0.05) is 31.9 Å². The molecule has 0 fully saturated rings. The van der Waals surface area contributed by atoms with E-state index in [-0.39, 0.29) is 11.9 Å². The number of rotatable bonds is 3. The first kappa shape index (κ1) is 14.5. The fourth-order valence-electron chi connectivity index (χ4n) is 2.03. The summed E-state index contributed by atoms with van der Waals surface area (Å²) in [6, 6.07) is -0.334. The number of hydrogen-bond donors (Lipinski definition) is 1. The Bertz CT molecular complexity index is 383. The van der Waals surface area contributed by atoms with Gasteiger partial charge >= 0.3 is 6.03 Å². The molecule has 100 valence electrons. The van der Waals surface area contributed by atoms with Crippen LogP contribution in [0.4, 0.5) is 4.79 Å². The lowest BCUT2D eigenvalue weighted by Gasteiger charge is -2.20. The molecule has 0 aromatic carbocycles. The first-order chi connectivity index (χ1) is 8.58. The van der Waals surface area contributed by atoms with Crippen LogP contribution in [0.25, 0.3) is 0 Å². The van der Waals surface area contributed by atoms with Gasteiger partial charge < -0.3 is 4.90 Å². The van der Waals surface area contributed by atoms with Crippen LogP contribution in [0.5, 0.6) is 0 Å². The van der Waals surface area contributed by atoms with Gasteiger partial charge in [0.05, 0.1) is 0 Å². The van der Waals surface area contributed by atoms with Gasteiger partial charge in [-0.3, -0.25) is 10.1 Å². The average Bonchev–Trinajstić information content (AvgIpc) is 2.35. The van der Waals surface area contributed by atoms with E-state index in [9.17, 15) is 9.59 Å². The van der Waals surface area contributed by atoms with Crippen LogP contribution in [0.3, 0.4) is 0 Å². The Morgan fingerprint density at radius 2 is 2.00 bits per heavy atom. The minimum Gasteiger partial charge on any atom is -0.327 e. The molecule has 0 radical (unpaired) electrons. The first-order valence-electron chi connectivity index (χ1n) is 6.53. The topological polar surface area (TPSA) is 49.4 Å². The van der Waals surface area contributed by atoms with Crippen LogP contribution in [0.2, 0.25) is 0 Å². The van der Waals surface area contributed by atoms with Gasteiger partial charge in [0.15, 0.2) is 0 Å². The van der Waals surface area contributed by atoms with Crippen LogP contribution >= 0.6 is 0 Å². The largest absolute Gasteiger partial charge is 0.327 e. The highest BCUT2D eigenvalue weighted by atomic mass is 16.2. The second-order valence-electron chi connectivity index (χ2n) is 4.53. The molecule has 3 amide bonds. The van der Waals surface area contributed by atoms with Crippen molar-refractivity contribution in [2.24, 2.45) is 0 Å². The van der Waals surface area contributed by atoms with Gasteiger partial charge in [-0.05, 0) is 24.8 Å². The quantitative estimate of drug-likeness (QED) is 0.837. The third-order valence-electron chi connectivity index (χ3n) is 3.16. The van der Waals surface area contributed by atoms with E-state index in [1.807, 2.05) is 6.08 Å². The van der Waals surface area contributed by atoms with Gasteiger partial charge in [-0.25, -0.2) is 4.79 Å². The van der Waals surface area contributed by atoms with Gasteiger partial charge in [0.1, 0.15) is 0 Å². The number of hydrogen-bond acceptors (Lipinski definition) is 2. The van der Waals surface area contributed by atoms with Crippen LogP contribution < -0.4 is 5.32 Å². The predicted octanol–water partition coefficient (Wildman–Crippen LogP) is 2.62. The lowest BCUT2D eigenvalue weighted by molar-refractivity contribution is -0.115. The number of nitrogens with one attached hydrogen (secondary N) is 1. The normalized spacial score (nSPS) is 23.8. The molecule has 0 atom stereocenters. The van der Waals surface area contributed by atoms with E-state index in [2.05, 4.69) is 19.2 Å². The van der Waals surface area contributed by atoms with Crippen molar-refractivity contribution in [3.63, 3.8) is 0 Å². The minimum atomic E-state index is -0.349. The second-order valence-corrected chi connectivity index (χ2v) is 4.53. The number of carbonyl (C=O) groups excluding carboxylic acids is 2. The third-order valence-corrected chi connectivity index (χ3v) is 3.16. The predicted molar refractivity (Wildman–Crippen MR) is 72.2 cm³/mol. The minimum absolute atomic E-state index is 0.334. The van der Waals surface area contributed by atoms with Crippen LogP contribution in [0.15, 0.2) is 23.3 Å². The van der Waals surface area contributed by atoms with E-state index < -0.39 is 0 Å². The number of nitrogens with zero attached hydrogens (tertiary/aromatic N) is 1. The van der Waals surface area contributed by atoms with Gasteiger partial charge in [0.2, 0.25) is 0 Å². The molecule has 0 aliphatic carbocycles. The Kier molecular flexibility index (Phi) is 5.62. The van der Waals surface area contributed by atoms with E-state index in [1.54, 1.807) is 11.9 Å². The molecular weight excluding hydrogens is 228 g/mol. The summed E-state index contributed by atoms with van der Waals surface area (Å²) in [6.45, 7) is 4.89. The Morgan fingerprint density at radius 1 is 1.28 bits per heavy atom. The van der Waals surface area contributed by atoms with Crippen molar-refractivity contribution in [2.75, 3.05) is 13.6 Å². The standard InChI is InChI=1S/C14H22N2O2/c1-4-6-12-7-8-13(17)15-14(18)16(3)10-9-11(12)5-2/h7-8H,4-6,9-10H2,1-3H3,(H,15,17,18)/b8-7+,12-11-. The first-order valence-corrected chi connectivity index (χ1v) is 6.53. The third kappa shape index (κ3) is 4.02. The number of amides is 3. The van der Waals surface area contributed by atoms with E-state index in [0.717, 1.165) is 25.7 Å². The van der Waals surface area contributed by atoms with Crippen LogP contribution in [0.1, 0.15) is 39.5 Å². The summed E-state index contributed by atoms with van der Waals surface area (Å²) in [6.07, 6.45) is 7.18. The van der Waals surface area contributed by atoms with Crippen molar-refractivity contribution in [3.05, 3.63) is 23.3 Å². The van der Waals surface area contributed by atoms with Crippen LogP contribution in [-0.2, 0) is 4.79 Å². The molecule has 0 spiro atoms. The number of allylic oxidation sites excluding steroid dienone is 2. The molecule has 0 saturated heterocycles. The number of carbonyl (C=O) groups is 2. The number of imide groups is 1. The molecule has 1 rings (SSSR count). The molecule has 1 aliphatic heterocycles. The van der Waals surface area contributed by atoms with Gasteiger partial charge in [-0.15, -0.1) is 0 Å². The molecular formula is C14H22N2O2. The van der Waals surface area contributed by atoms with Gasteiger partial charge in [0.25, 0.3) is 5.91 Å². The number of urea groups is 1. The molecule has 1 heterocycles. The average molecular weight is 250 g/mol. The maximum absolute atomic E-state index is 11.6. The second kappa shape index (κ2) is 6.99. The highest BCUT2D eigenvalue weighted by Crippen LogP contribution is 2.20. The zero-order chi connectivity index (χ0) is 13.5. The Labute approximate surface area is 109 Å². The fourth-order valence-corrected chi connectivity index (χ4v) is 2.03. The van der Waals surface area contributed by atoms with E-state index in [0.29, 0.717) is 6.54 Å². The van der Waals surface area contributed by atoms with Crippen molar-refractivity contribution in [2.45, 2.75) is 39.5 Å². The van der Waals surface area contributed by atoms with Crippen LogP contribution in [-0.4, -0.2) is 30.4 Å². The summed E-state index contributed by atoms with van der Waals surface area (Å²) in [7, 11) is 1.71. The van der Waals surface area contributed by atoms with E-state index in [1.165, 1.54) is 17.2 Å². The van der Waals surface area contributed by atoms with Crippen molar-refractivity contribution < 1.29 is 9.59 Å². The summed E-state index contributed by atoms with van der Waals surface area (Å²) >= 11 is 0. The highest BCUT2D eigenvalue weighted by molar-refractivity contribution is 6.00. The zero-order valence-electron chi connectivity index (χ0n) is 11.5. The van der Waals surface area contributed by atoms with Crippen molar-refractivity contribution >= 4 is 11.9 Å². The zero-order valence-corrected chi connectivity index (χ0v) is 11.5. The van der Waals surface area contributed by atoms with Crippen molar-refractivity contribution in [1.82, 2.24) is 10.2 Å². The lowest BCUT2D eigenvalue weighted by atomic mass is 9.98. The molecule has 4 heteroatoms. The summed E-state index contributed by atoms with van der Waals surface area (Å²) in [5, 5.41) is 2.33. The molecule has 0 bridgehead atoms. The van der Waals surface area contributed by atoms with Crippen molar-refractivity contribution in [1.29, 1.82) is 0 Å². The summed E-state index contributed by atoms with van der Waals surface area (Å²) in [5.74, 6) is -0.349. The molecule has 0 unspecified atom stereocenters. The summed E-state index contributed by atoms with van der Waals surface area (Å²) in [4.78, 5) is 24.7. The Balaban J connectivity index is 3.00. The van der Waals surface area contributed by atoms with E-state index in [4.69, 9.17) is 0 Å².